The average Bonchev–Trinajstić information content (AvgIpc) is 2.19. The van der Waals surface area contributed by atoms with Crippen LogP contribution in [0.5, 0.6) is 0 Å². The van der Waals surface area contributed by atoms with Crippen LogP contribution >= 0.6 is 0 Å². The molecule has 2 heteroatoms. The van der Waals surface area contributed by atoms with E-state index in [1.165, 1.54) is 0 Å². The second-order valence-electron chi connectivity index (χ2n) is 3.77. The number of carbonyl (C=O) groups is 1. The van der Waals surface area contributed by atoms with Crippen molar-refractivity contribution in [2.45, 2.75) is 52.9 Å². The predicted molar refractivity (Wildman–Crippen MR) is 61.6 cm³/mol. The van der Waals surface area contributed by atoms with Gasteiger partial charge in [-0.15, -0.1) is 0 Å². The van der Waals surface area contributed by atoms with Crippen molar-refractivity contribution in [2.75, 3.05) is 19.6 Å². The summed E-state index contributed by atoms with van der Waals surface area (Å²) in [7, 11) is 0. The standard InChI is InChI=1S/C12H25NO/c1-4-9-12(14)10-7-8-11-13(5-2)6-3/h4-11H2,1-3H3. The quantitative estimate of drug-likeness (QED) is 0.532. The van der Waals surface area contributed by atoms with Gasteiger partial charge in [0.25, 0.3) is 0 Å². The summed E-state index contributed by atoms with van der Waals surface area (Å²) in [6, 6.07) is 0. The Bertz CT molecular complexity index is 141. The molecule has 0 atom stereocenters. The molecule has 0 aliphatic carbocycles. The number of carbonyl (C=O) groups excluding carboxylic acids is 1. The maximum atomic E-state index is 11.2. The minimum atomic E-state index is 0.437. The van der Waals surface area contributed by atoms with Gasteiger partial charge in [-0.05, 0) is 38.9 Å². The van der Waals surface area contributed by atoms with Gasteiger partial charge in [0.2, 0.25) is 0 Å². The third kappa shape index (κ3) is 7.07. The van der Waals surface area contributed by atoms with Crippen LogP contribution in [0.15, 0.2) is 0 Å². The highest BCUT2D eigenvalue weighted by molar-refractivity contribution is 5.78. The van der Waals surface area contributed by atoms with E-state index < -0.39 is 0 Å². The molecule has 0 aromatic heterocycles. The van der Waals surface area contributed by atoms with Gasteiger partial charge >= 0.3 is 0 Å². The average molecular weight is 199 g/mol. The molecule has 0 spiro atoms. The lowest BCUT2D eigenvalue weighted by atomic mass is 10.1. The minimum Gasteiger partial charge on any atom is -0.304 e. The van der Waals surface area contributed by atoms with E-state index in [4.69, 9.17) is 0 Å². The van der Waals surface area contributed by atoms with Crippen molar-refractivity contribution in [1.29, 1.82) is 0 Å². The first-order valence-electron chi connectivity index (χ1n) is 5.98. The maximum absolute atomic E-state index is 11.2. The lowest BCUT2D eigenvalue weighted by Gasteiger charge is -2.17. The first-order valence-corrected chi connectivity index (χ1v) is 5.98. The molecule has 0 saturated carbocycles. The summed E-state index contributed by atoms with van der Waals surface area (Å²) in [6.07, 6.45) is 4.78. The second kappa shape index (κ2) is 9.20. The Balaban J connectivity index is 3.32. The molecule has 2 nitrogen and oxygen atoms in total. The summed E-state index contributed by atoms with van der Waals surface area (Å²) >= 11 is 0. The molecule has 14 heavy (non-hydrogen) atoms. The fourth-order valence-corrected chi connectivity index (χ4v) is 1.60. The Hall–Kier alpha value is -0.370. The molecule has 0 aliphatic rings. The van der Waals surface area contributed by atoms with E-state index in [2.05, 4.69) is 25.7 Å². The molecular weight excluding hydrogens is 174 g/mol. The van der Waals surface area contributed by atoms with Crippen LogP contribution in [0.2, 0.25) is 0 Å². The summed E-state index contributed by atoms with van der Waals surface area (Å²) in [5.74, 6) is 0.437. The second-order valence-corrected chi connectivity index (χ2v) is 3.77. The van der Waals surface area contributed by atoms with E-state index >= 15 is 0 Å². The number of nitrogens with zero attached hydrogens (tertiary/aromatic N) is 1. The molecule has 0 rings (SSSR count). The number of rotatable bonds is 9. The van der Waals surface area contributed by atoms with Crippen molar-refractivity contribution in [3.63, 3.8) is 0 Å². The number of hydrogen-bond acceptors (Lipinski definition) is 2. The number of unbranched alkanes of at least 4 members (excludes halogenated alkanes) is 1. The zero-order valence-corrected chi connectivity index (χ0v) is 10.0. The molecule has 0 bridgehead atoms. The van der Waals surface area contributed by atoms with Crippen molar-refractivity contribution in [3.05, 3.63) is 0 Å². The van der Waals surface area contributed by atoms with Crippen LogP contribution in [0, 0.1) is 0 Å². The van der Waals surface area contributed by atoms with Gasteiger partial charge in [-0.25, -0.2) is 0 Å². The first-order chi connectivity index (χ1) is 6.74. The first kappa shape index (κ1) is 13.6. The van der Waals surface area contributed by atoms with Crippen molar-refractivity contribution < 1.29 is 4.79 Å². The number of ketones is 1. The SMILES string of the molecule is CCCC(=O)CCCCN(CC)CC. The van der Waals surface area contributed by atoms with E-state index in [9.17, 15) is 4.79 Å². The fraction of sp³-hybridized carbons (Fsp3) is 0.917. The van der Waals surface area contributed by atoms with Crippen LogP contribution in [0.4, 0.5) is 0 Å². The van der Waals surface area contributed by atoms with E-state index in [1.807, 2.05) is 0 Å². The lowest BCUT2D eigenvalue weighted by molar-refractivity contribution is -0.119. The molecule has 0 aromatic carbocycles. The number of hydrogen-bond donors (Lipinski definition) is 0. The van der Waals surface area contributed by atoms with E-state index in [-0.39, 0.29) is 0 Å². The van der Waals surface area contributed by atoms with E-state index in [0.717, 1.165) is 51.7 Å². The molecule has 0 amide bonds. The Morgan fingerprint density at radius 2 is 1.64 bits per heavy atom. The molecule has 0 unspecified atom stereocenters. The van der Waals surface area contributed by atoms with Crippen LogP contribution in [-0.4, -0.2) is 30.3 Å². The van der Waals surface area contributed by atoms with E-state index in [0.29, 0.717) is 5.78 Å². The largest absolute Gasteiger partial charge is 0.304 e. The molecule has 0 aromatic rings. The Morgan fingerprint density at radius 1 is 1.00 bits per heavy atom. The Morgan fingerprint density at radius 3 is 2.14 bits per heavy atom. The monoisotopic (exact) mass is 199 g/mol. The lowest BCUT2D eigenvalue weighted by Crippen LogP contribution is -2.23. The highest BCUT2D eigenvalue weighted by Crippen LogP contribution is 2.02. The van der Waals surface area contributed by atoms with Gasteiger partial charge in [0.15, 0.2) is 0 Å². The zero-order valence-electron chi connectivity index (χ0n) is 10.0. The third-order valence-corrected chi connectivity index (χ3v) is 2.60. The highest BCUT2D eigenvalue weighted by Gasteiger charge is 2.01. The van der Waals surface area contributed by atoms with Crippen LogP contribution < -0.4 is 0 Å². The smallest absolute Gasteiger partial charge is 0.132 e. The van der Waals surface area contributed by atoms with Gasteiger partial charge in [-0.3, -0.25) is 4.79 Å². The number of Topliss-reactive ketones (excluding diaryl/α,β-unsaturated/α-hetero) is 1. The minimum absolute atomic E-state index is 0.437. The summed E-state index contributed by atoms with van der Waals surface area (Å²) in [5, 5.41) is 0. The molecule has 0 radical (unpaired) electrons. The summed E-state index contributed by atoms with van der Waals surface area (Å²) in [4.78, 5) is 13.6. The van der Waals surface area contributed by atoms with Gasteiger partial charge in [0.05, 0.1) is 0 Å². The molecule has 0 aliphatic heterocycles. The molecule has 0 heterocycles. The summed E-state index contributed by atoms with van der Waals surface area (Å²) in [6.45, 7) is 9.83. The van der Waals surface area contributed by atoms with Crippen LogP contribution in [-0.2, 0) is 4.79 Å². The normalized spacial score (nSPS) is 10.9. The van der Waals surface area contributed by atoms with Crippen molar-refractivity contribution in [3.8, 4) is 0 Å². The zero-order chi connectivity index (χ0) is 10.8. The highest BCUT2D eigenvalue weighted by atomic mass is 16.1. The van der Waals surface area contributed by atoms with Gasteiger partial charge < -0.3 is 4.90 Å². The third-order valence-electron chi connectivity index (χ3n) is 2.60. The molecular formula is C12H25NO. The topological polar surface area (TPSA) is 20.3 Å². The Labute approximate surface area is 88.7 Å². The molecule has 0 saturated heterocycles. The summed E-state index contributed by atoms with van der Waals surface area (Å²) < 4.78 is 0. The molecule has 0 fully saturated rings. The van der Waals surface area contributed by atoms with Gasteiger partial charge in [-0.1, -0.05) is 20.8 Å². The fourth-order valence-electron chi connectivity index (χ4n) is 1.60. The Kier molecular flexibility index (Phi) is 8.95. The van der Waals surface area contributed by atoms with Crippen LogP contribution in [0.25, 0.3) is 0 Å². The molecule has 84 valence electrons. The summed E-state index contributed by atoms with van der Waals surface area (Å²) in [5.41, 5.74) is 0. The maximum Gasteiger partial charge on any atom is 0.132 e. The van der Waals surface area contributed by atoms with Gasteiger partial charge in [-0.2, -0.15) is 0 Å². The van der Waals surface area contributed by atoms with Crippen LogP contribution in [0.3, 0.4) is 0 Å². The predicted octanol–water partition coefficient (Wildman–Crippen LogP) is 2.87. The van der Waals surface area contributed by atoms with Crippen molar-refractivity contribution in [1.82, 2.24) is 4.90 Å². The molecule has 0 N–H and O–H groups in total. The van der Waals surface area contributed by atoms with Gasteiger partial charge in [0.1, 0.15) is 5.78 Å². The van der Waals surface area contributed by atoms with Gasteiger partial charge in [0, 0.05) is 12.8 Å². The van der Waals surface area contributed by atoms with E-state index in [1.54, 1.807) is 0 Å². The van der Waals surface area contributed by atoms with Crippen LogP contribution in [0.1, 0.15) is 52.9 Å². The van der Waals surface area contributed by atoms with Crippen molar-refractivity contribution in [2.24, 2.45) is 0 Å². The van der Waals surface area contributed by atoms with Crippen molar-refractivity contribution >= 4 is 5.78 Å².